The molecular formula is C20H25N5O3. The molecule has 2 heterocycles. The number of anilines is 1. The van der Waals surface area contributed by atoms with Gasteiger partial charge in [-0.1, -0.05) is 12.1 Å². The molecule has 1 aromatic heterocycles. The molecule has 1 amide bonds. The number of Topliss-reactive ketones (excluding diaryl/α,β-unsaturated/α-hetero) is 1. The number of likely N-dealkylation sites (N-methyl/N-ethyl adjacent to an activating group) is 1. The van der Waals surface area contributed by atoms with Gasteiger partial charge < -0.3 is 15.0 Å². The minimum absolute atomic E-state index is 0.000688. The third kappa shape index (κ3) is 3.76. The number of ketones is 1. The third-order valence-electron chi connectivity index (χ3n) is 4.85. The molecule has 3 rings (SSSR count). The van der Waals surface area contributed by atoms with E-state index in [0.717, 1.165) is 11.3 Å². The van der Waals surface area contributed by atoms with E-state index in [1.165, 1.54) is 6.33 Å². The summed E-state index contributed by atoms with van der Waals surface area (Å²) in [6.07, 6.45) is 1.46. The lowest BCUT2D eigenvalue weighted by Gasteiger charge is -2.28. The van der Waals surface area contributed by atoms with Crippen molar-refractivity contribution in [2.45, 2.75) is 33.7 Å². The first-order valence-corrected chi connectivity index (χ1v) is 9.35. The summed E-state index contributed by atoms with van der Waals surface area (Å²) in [4.78, 5) is 30.3. The molecule has 0 saturated carbocycles. The fourth-order valence-corrected chi connectivity index (χ4v) is 3.41. The number of allylic oxidation sites excluding steroid dienone is 2. The van der Waals surface area contributed by atoms with Gasteiger partial charge in [-0.2, -0.15) is 10.1 Å². The number of rotatable bonds is 7. The molecule has 0 spiro atoms. The Kier molecular flexibility index (Phi) is 5.77. The maximum absolute atomic E-state index is 12.3. The Balaban J connectivity index is 1.81. The van der Waals surface area contributed by atoms with Gasteiger partial charge in [-0.3, -0.25) is 9.59 Å². The molecule has 0 saturated heterocycles. The number of nitrogens with one attached hydrogen (secondary N) is 1. The second-order valence-electron chi connectivity index (χ2n) is 6.57. The van der Waals surface area contributed by atoms with Crippen LogP contribution >= 0.6 is 0 Å². The summed E-state index contributed by atoms with van der Waals surface area (Å²) in [5.74, 6) is 1.12. The van der Waals surface area contributed by atoms with E-state index in [1.807, 2.05) is 32.9 Å². The number of amides is 1. The van der Waals surface area contributed by atoms with Gasteiger partial charge in [0.2, 0.25) is 5.95 Å². The van der Waals surface area contributed by atoms with E-state index >= 15 is 0 Å². The fraction of sp³-hybridized carbons (Fsp3) is 0.400. The summed E-state index contributed by atoms with van der Waals surface area (Å²) in [6.45, 7) is 8.61. The van der Waals surface area contributed by atoms with Crippen LogP contribution in [0.5, 0.6) is 5.75 Å². The van der Waals surface area contributed by atoms with E-state index in [9.17, 15) is 9.59 Å². The Morgan fingerprint density at radius 2 is 1.89 bits per heavy atom. The van der Waals surface area contributed by atoms with Crippen LogP contribution in [-0.4, -0.2) is 51.1 Å². The number of carbonyl (C=O) groups is 2. The predicted octanol–water partition coefficient (Wildman–Crippen LogP) is 2.40. The van der Waals surface area contributed by atoms with Crippen LogP contribution < -0.4 is 10.1 Å². The second-order valence-corrected chi connectivity index (χ2v) is 6.57. The van der Waals surface area contributed by atoms with Crippen molar-refractivity contribution in [2.24, 2.45) is 0 Å². The minimum atomic E-state index is -0.359. The Morgan fingerprint density at radius 1 is 1.21 bits per heavy atom. The second kappa shape index (κ2) is 8.24. The van der Waals surface area contributed by atoms with Crippen molar-refractivity contribution < 1.29 is 14.3 Å². The number of aromatic nitrogens is 3. The van der Waals surface area contributed by atoms with E-state index in [-0.39, 0.29) is 24.3 Å². The van der Waals surface area contributed by atoms with Crippen molar-refractivity contribution in [2.75, 3.05) is 25.0 Å². The van der Waals surface area contributed by atoms with Crippen molar-refractivity contribution in [1.82, 2.24) is 19.7 Å². The minimum Gasteiger partial charge on any atom is -0.484 e. The molecule has 2 aromatic rings. The number of ether oxygens (including phenoxy) is 1. The Hall–Kier alpha value is -3.16. The first-order chi connectivity index (χ1) is 13.5. The van der Waals surface area contributed by atoms with Gasteiger partial charge in [0.05, 0.1) is 0 Å². The normalized spacial score (nSPS) is 15.6. The average Bonchev–Trinajstić information content (AvgIpc) is 3.14. The number of hydrogen-bond donors (Lipinski definition) is 1. The molecule has 1 aromatic carbocycles. The molecule has 0 radical (unpaired) electrons. The van der Waals surface area contributed by atoms with Gasteiger partial charge in [-0.05, 0) is 45.4 Å². The summed E-state index contributed by atoms with van der Waals surface area (Å²) in [5.41, 5.74) is 2.30. The summed E-state index contributed by atoms with van der Waals surface area (Å²) in [5, 5.41) is 7.40. The molecule has 1 atom stereocenters. The maximum atomic E-state index is 12.3. The van der Waals surface area contributed by atoms with Crippen LogP contribution in [0.3, 0.4) is 0 Å². The number of nitrogens with zero attached hydrogens (tertiary/aromatic N) is 4. The van der Waals surface area contributed by atoms with Crippen LogP contribution in [0.4, 0.5) is 5.95 Å². The molecule has 8 heteroatoms. The molecule has 1 aliphatic rings. The third-order valence-corrected chi connectivity index (χ3v) is 4.85. The van der Waals surface area contributed by atoms with Crippen LogP contribution in [0.15, 0.2) is 41.9 Å². The predicted molar refractivity (Wildman–Crippen MR) is 105 cm³/mol. The van der Waals surface area contributed by atoms with Crippen LogP contribution in [0.2, 0.25) is 0 Å². The van der Waals surface area contributed by atoms with Crippen LogP contribution in [-0.2, 0) is 9.59 Å². The molecule has 0 bridgehead atoms. The zero-order valence-electron chi connectivity index (χ0n) is 16.6. The molecule has 1 N–H and O–H groups in total. The van der Waals surface area contributed by atoms with E-state index in [1.54, 1.807) is 28.6 Å². The lowest BCUT2D eigenvalue weighted by atomic mass is 9.93. The maximum Gasteiger partial charge on any atom is 0.260 e. The number of benzene rings is 1. The molecule has 0 unspecified atom stereocenters. The van der Waals surface area contributed by atoms with Crippen molar-refractivity contribution in [3.05, 3.63) is 47.4 Å². The number of hydrogen-bond acceptors (Lipinski definition) is 6. The van der Waals surface area contributed by atoms with Gasteiger partial charge in [0.25, 0.3) is 5.91 Å². The van der Waals surface area contributed by atoms with Crippen LogP contribution in [0, 0.1) is 0 Å². The first-order valence-electron chi connectivity index (χ1n) is 9.35. The highest BCUT2D eigenvalue weighted by Crippen LogP contribution is 2.35. The van der Waals surface area contributed by atoms with Crippen molar-refractivity contribution in [3.63, 3.8) is 0 Å². The molecular weight excluding hydrogens is 358 g/mol. The summed E-state index contributed by atoms with van der Waals surface area (Å²) in [7, 11) is 0. The van der Waals surface area contributed by atoms with Gasteiger partial charge >= 0.3 is 0 Å². The molecule has 1 aliphatic heterocycles. The van der Waals surface area contributed by atoms with Gasteiger partial charge in [0.15, 0.2) is 12.4 Å². The fourth-order valence-electron chi connectivity index (χ4n) is 3.41. The van der Waals surface area contributed by atoms with Gasteiger partial charge in [-0.25, -0.2) is 4.68 Å². The van der Waals surface area contributed by atoms with E-state index in [4.69, 9.17) is 4.74 Å². The van der Waals surface area contributed by atoms with Gasteiger partial charge in [0, 0.05) is 24.4 Å². The summed E-state index contributed by atoms with van der Waals surface area (Å²) < 4.78 is 7.33. The summed E-state index contributed by atoms with van der Waals surface area (Å²) >= 11 is 0. The SMILES string of the molecule is CCN(CC)C(=O)COc1ccc([C@H]2C(C(C)=O)=C(C)Nc3ncnn32)cc1. The Labute approximate surface area is 164 Å². The van der Waals surface area contributed by atoms with E-state index < -0.39 is 0 Å². The highest BCUT2D eigenvalue weighted by Gasteiger charge is 2.31. The zero-order chi connectivity index (χ0) is 20.3. The number of fused-ring (bicyclic) bond motifs is 1. The standard InChI is InChI=1S/C20H25N5O3/c1-5-24(6-2)17(27)11-28-16-9-7-15(8-10-16)19-18(14(4)26)13(3)23-20-21-12-22-25(19)20/h7-10,12,19H,5-6,11H2,1-4H3,(H,21,22,23)/t19-/m0/s1. The largest absolute Gasteiger partial charge is 0.484 e. The average molecular weight is 383 g/mol. The Bertz CT molecular complexity index is 897. The van der Waals surface area contributed by atoms with Gasteiger partial charge in [0.1, 0.15) is 18.1 Å². The Morgan fingerprint density at radius 3 is 2.50 bits per heavy atom. The molecule has 148 valence electrons. The zero-order valence-corrected chi connectivity index (χ0v) is 16.6. The topological polar surface area (TPSA) is 89.3 Å². The van der Waals surface area contributed by atoms with Crippen molar-refractivity contribution in [1.29, 1.82) is 0 Å². The first kappa shape index (κ1) is 19.6. The molecule has 28 heavy (non-hydrogen) atoms. The molecule has 0 aliphatic carbocycles. The van der Waals surface area contributed by atoms with Crippen LogP contribution in [0.1, 0.15) is 39.3 Å². The monoisotopic (exact) mass is 383 g/mol. The quantitative estimate of drug-likeness (QED) is 0.790. The van der Waals surface area contributed by atoms with E-state index in [0.29, 0.717) is 30.4 Å². The lowest BCUT2D eigenvalue weighted by molar-refractivity contribution is -0.133. The highest BCUT2D eigenvalue weighted by molar-refractivity contribution is 5.96. The molecule has 8 nitrogen and oxygen atoms in total. The molecule has 0 fully saturated rings. The number of carbonyl (C=O) groups excluding carboxylic acids is 2. The van der Waals surface area contributed by atoms with Crippen molar-refractivity contribution >= 4 is 17.6 Å². The van der Waals surface area contributed by atoms with Crippen molar-refractivity contribution in [3.8, 4) is 5.75 Å². The van der Waals surface area contributed by atoms with Gasteiger partial charge in [-0.15, -0.1) is 0 Å². The van der Waals surface area contributed by atoms with E-state index in [2.05, 4.69) is 15.4 Å². The lowest BCUT2D eigenvalue weighted by Crippen LogP contribution is -2.34. The highest BCUT2D eigenvalue weighted by atomic mass is 16.5. The summed E-state index contributed by atoms with van der Waals surface area (Å²) in [6, 6.07) is 7.01. The van der Waals surface area contributed by atoms with Crippen LogP contribution in [0.25, 0.3) is 0 Å². The smallest absolute Gasteiger partial charge is 0.260 e.